The molecule has 2 atom stereocenters. The Hall–Kier alpha value is -4.68. The minimum atomic E-state index is -4.10. The second-order valence-electron chi connectivity index (χ2n) is 10.8. The number of nitrogens with one attached hydrogen (secondary N) is 5. The van der Waals surface area contributed by atoms with E-state index in [0.717, 1.165) is 16.5 Å². The van der Waals surface area contributed by atoms with Crippen LogP contribution in [0, 0.1) is 11.8 Å². The van der Waals surface area contributed by atoms with Crippen molar-refractivity contribution in [3.05, 3.63) is 90.6 Å². The highest BCUT2D eigenvalue weighted by Gasteiger charge is 2.29. The van der Waals surface area contributed by atoms with Gasteiger partial charge in [0.25, 0.3) is 10.0 Å². The molecule has 0 saturated heterocycles. The molecule has 0 unspecified atom stereocenters. The largest absolute Gasteiger partial charge is 0.457 e. The number of H-pyrrole nitrogens is 1. The van der Waals surface area contributed by atoms with Gasteiger partial charge < -0.3 is 20.4 Å². The van der Waals surface area contributed by atoms with E-state index in [1.165, 1.54) is 31.3 Å². The third-order valence-corrected chi connectivity index (χ3v) is 8.24. The van der Waals surface area contributed by atoms with E-state index in [1.54, 1.807) is 12.1 Å². The molecule has 0 saturated carbocycles. The Balaban J connectivity index is 1.37. The minimum Gasteiger partial charge on any atom is -0.457 e. The maximum Gasteiger partial charge on any atom is 0.257 e. The Kier molecular flexibility index (Phi) is 10.7. The fourth-order valence-corrected chi connectivity index (χ4v) is 5.68. The van der Waals surface area contributed by atoms with E-state index in [4.69, 9.17) is 4.74 Å². The molecule has 12 heteroatoms. The van der Waals surface area contributed by atoms with Crippen LogP contribution in [0.1, 0.15) is 32.3 Å². The Labute approximate surface area is 256 Å². The van der Waals surface area contributed by atoms with Crippen molar-refractivity contribution in [2.75, 3.05) is 7.05 Å². The van der Waals surface area contributed by atoms with E-state index in [2.05, 4.69) is 25.9 Å². The highest BCUT2D eigenvalue weighted by atomic mass is 32.2. The predicted octanol–water partition coefficient (Wildman–Crippen LogP) is 3.80. The molecule has 0 aliphatic carbocycles. The zero-order chi connectivity index (χ0) is 31.7. The van der Waals surface area contributed by atoms with Gasteiger partial charge in [-0.1, -0.05) is 50.2 Å². The normalized spacial score (nSPS) is 12.8. The van der Waals surface area contributed by atoms with Crippen molar-refractivity contribution in [1.29, 1.82) is 0 Å². The molecule has 0 aliphatic rings. The number of hydrogen-bond acceptors (Lipinski definition) is 6. The number of aromatic amines is 1. The average molecular weight is 620 g/mol. The van der Waals surface area contributed by atoms with Crippen molar-refractivity contribution in [3.63, 3.8) is 0 Å². The van der Waals surface area contributed by atoms with Gasteiger partial charge in [0.05, 0.1) is 4.90 Å². The Bertz CT molecular complexity index is 1690. The molecule has 1 heterocycles. The lowest BCUT2D eigenvalue weighted by Gasteiger charge is -2.23. The number of para-hydroxylation sites is 2. The van der Waals surface area contributed by atoms with Gasteiger partial charge in [-0.05, 0) is 60.4 Å². The second-order valence-corrected chi connectivity index (χ2v) is 12.5. The van der Waals surface area contributed by atoms with Crippen LogP contribution < -0.4 is 25.6 Å². The van der Waals surface area contributed by atoms with Crippen molar-refractivity contribution < 1.29 is 27.5 Å². The van der Waals surface area contributed by atoms with Crippen LogP contribution in [0.2, 0.25) is 0 Å². The monoisotopic (exact) mass is 619 g/mol. The zero-order valence-corrected chi connectivity index (χ0v) is 25.6. The number of carbonyl (C=O) groups is 3. The smallest absolute Gasteiger partial charge is 0.257 e. The standard InChI is InChI=1S/C32H37N5O6S/c1-21(2)17-22(31(39)35-29(32(40)33-3)18-23-20-34-28-12-8-7-11-27(23)28)19-30(38)36-37-44(41,42)26-15-13-25(14-16-26)43-24-9-5-4-6-10-24/h4-16,20-22,29,34,37H,17-19H2,1-3H3,(H,33,40)(H,35,39)(H,36,38)/t22-,29+/m1/s1. The molecular weight excluding hydrogens is 582 g/mol. The van der Waals surface area contributed by atoms with Crippen LogP contribution >= 0.6 is 0 Å². The van der Waals surface area contributed by atoms with Crippen LogP contribution in [-0.2, 0) is 30.8 Å². The lowest BCUT2D eigenvalue weighted by molar-refractivity contribution is -0.133. The topological polar surface area (TPSA) is 158 Å². The van der Waals surface area contributed by atoms with Crippen molar-refractivity contribution in [2.45, 2.75) is 44.0 Å². The lowest BCUT2D eigenvalue weighted by atomic mass is 9.92. The van der Waals surface area contributed by atoms with Gasteiger partial charge in [-0.25, -0.2) is 8.42 Å². The Morgan fingerprint density at radius 2 is 1.52 bits per heavy atom. The maximum atomic E-state index is 13.4. The van der Waals surface area contributed by atoms with Crippen LogP contribution in [0.4, 0.5) is 0 Å². The quantitative estimate of drug-likeness (QED) is 0.135. The summed E-state index contributed by atoms with van der Waals surface area (Å²) in [7, 11) is -2.61. The first-order valence-corrected chi connectivity index (χ1v) is 15.7. The molecule has 4 aromatic rings. The first-order chi connectivity index (χ1) is 21.1. The summed E-state index contributed by atoms with van der Waals surface area (Å²) < 4.78 is 31.3. The number of ether oxygens (including phenoxy) is 1. The van der Waals surface area contributed by atoms with E-state index >= 15 is 0 Å². The molecule has 3 aromatic carbocycles. The summed E-state index contributed by atoms with van der Waals surface area (Å²) in [6.07, 6.45) is 2.11. The number of carbonyl (C=O) groups excluding carboxylic acids is 3. The van der Waals surface area contributed by atoms with Gasteiger partial charge in [-0.2, -0.15) is 0 Å². The van der Waals surface area contributed by atoms with E-state index in [0.29, 0.717) is 17.9 Å². The van der Waals surface area contributed by atoms with Gasteiger partial charge in [-0.3, -0.25) is 19.8 Å². The average Bonchev–Trinajstić information content (AvgIpc) is 3.42. The fourth-order valence-electron chi connectivity index (χ4n) is 4.81. The number of hydrogen-bond donors (Lipinski definition) is 5. The molecule has 232 valence electrons. The van der Waals surface area contributed by atoms with Crippen LogP contribution in [0.25, 0.3) is 10.9 Å². The van der Waals surface area contributed by atoms with Gasteiger partial charge in [-0.15, -0.1) is 4.83 Å². The van der Waals surface area contributed by atoms with Gasteiger partial charge in [0, 0.05) is 42.9 Å². The lowest BCUT2D eigenvalue weighted by Crippen LogP contribution is -2.50. The number of amides is 3. The van der Waals surface area contributed by atoms with Gasteiger partial charge in [0.1, 0.15) is 17.5 Å². The van der Waals surface area contributed by atoms with Crippen LogP contribution in [-0.4, -0.2) is 44.2 Å². The third kappa shape index (κ3) is 8.68. The summed E-state index contributed by atoms with van der Waals surface area (Å²) in [5.41, 5.74) is 3.98. The van der Waals surface area contributed by atoms with E-state index in [9.17, 15) is 22.8 Å². The molecule has 4 rings (SSSR count). The van der Waals surface area contributed by atoms with Gasteiger partial charge in [0.15, 0.2) is 0 Å². The molecule has 0 radical (unpaired) electrons. The molecular formula is C32H37N5O6S. The second kappa shape index (κ2) is 14.7. The summed E-state index contributed by atoms with van der Waals surface area (Å²) in [5.74, 6) is -1.23. The Morgan fingerprint density at radius 1 is 0.864 bits per heavy atom. The first-order valence-electron chi connectivity index (χ1n) is 14.3. The summed E-state index contributed by atoms with van der Waals surface area (Å²) >= 11 is 0. The van der Waals surface area contributed by atoms with Gasteiger partial charge in [0.2, 0.25) is 17.7 Å². The van der Waals surface area contributed by atoms with E-state index < -0.39 is 33.8 Å². The predicted molar refractivity (Wildman–Crippen MR) is 167 cm³/mol. The minimum absolute atomic E-state index is 0.0546. The summed E-state index contributed by atoms with van der Waals surface area (Å²) in [6.45, 7) is 3.82. The van der Waals surface area contributed by atoms with Crippen molar-refractivity contribution in [1.82, 2.24) is 25.9 Å². The van der Waals surface area contributed by atoms with Crippen molar-refractivity contribution in [2.24, 2.45) is 11.8 Å². The third-order valence-electron chi connectivity index (χ3n) is 6.97. The van der Waals surface area contributed by atoms with E-state index in [-0.39, 0.29) is 29.6 Å². The zero-order valence-electron chi connectivity index (χ0n) is 24.8. The molecule has 11 nitrogen and oxygen atoms in total. The summed E-state index contributed by atoms with van der Waals surface area (Å²) in [6, 6.07) is 21.5. The molecule has 44 heavy (non-hydrogen) atoms. The fraction of sp³-hybridized carbons (Fsp3) is 0.281. The molecule has 0 aliphatic heterocycles. The van der Waals surface area contributed by atoms with Gasteiger partial charge >= 0.3 is 0 Å². The summed E-state index contributed by atoms with van der Waals surface area (Å²) in [4.78, 5) is 44.1. The number of sulfonamides is 1. The molecule has 0 fully saturated rings. The SMILES string of the molecule is CNC(=O)[C@H](Cc1c[nH]c2ccccc12)NC(=O)[C@@H](CC(=O)NNS(=O)(=O)c1ccc(Oc2ccccc2)cc1)CC(C)C. The number of fused-ring (bicyclic) bond motifs is 1. The van der Waals surface area contributed by atoms with Crippen molar-refractivity contribution in [3.8, 4) is 11.5 Å². The number of benzene rings is 3. The van der Waals surface area contributed by atoms with Crippen molar-refractivity contribution >= 4 is 38.6 Å². The summed E-state index contributed by atoms with van der Waals surface area (Å²) in [5, 5.41) is 6.34. The molecule has 1 aromatic heterocycles. The highest BCUT2D eigenvalue weighted by molar-refractivity contribution is 7.89. The molecule has 0 spiro atoms. The number of aromatic nitrogens is 1. The number of hydrazine groups is 1. The maximum absolute atomic E-state index is 13.4. The van der Waals surface area contributed by atoms with E-state index in [1.807, 2.05) is 62.5 Å². The Morgan fingerprint density at radius 3 is 2.20 bits per heavy atom. The molecule has 3 amide bonds. The molecule has 5 N–H and O–H groups in total. The van der Waals surface area contributed by atoms with Crippen LogP contribution in [0.3, 0.4) is 0 Å². The van der Waals surface area contributed by atoms with Crippen LogP contribution in [0.5, 0.6) is 11.5 Å². The van der Waals surface area contributed by atoms with Crippen LogP contribution in [0.15, 0.2) is 90.0 Å². The first kappa shape index (κ1) is 32.2. The number of likely N-dealkylation sites (N-methyl/N-ethyl adjacent to an activating group) is 1. The highest BCUT2D eigenvalue weighted by Crippen LogP contribution is 2.23. The number of rotatable bonds is 14. The molecule has 0 bridgehead atoms.